The molecule has 11 heteroatoms. The number of nitrogens with zero attached hydrogens (tertiary/aromatic N) is 4. The Kier molecular flexibility index (Phi) is 4.32. The highest BCUT2D eigenvalue weighted by atomic mass is 35.5. The summed E-state index contributed by atoms with van der Waals surface area (Å²) in [5.41, 5.74) is 1.24. The van der Waals surface area contributed by atoms with Crippen molar-refractivity contribution >= 4 is 39.1 Å². The third-order valence-corrected chi connectivity index (χ3v) is 5.24. The summed E-state index contributed by atoms with van der Waals surface area (Å²) >= 11 is 5.99. The Labute approximate surface area is 153 Å². The lowest BCUT2D eigenvalue weighted by atomic mass is 10.1. The number of halogens is 1. The largest absolute Gasteiger partial charge is 0.478 e. The van der Waals surface area contributed by atoms with Crippen LogP contribution in [0, 0.1) is 20.8 Å². The number of rotatable bonds is 4. The lowest BCUT2D eigenvalue weighted by Crippen LogP contribution is -2.18. The van der Waals surface area contributed by atoms with Gasteiger partial charge in [-0.1, -0.05) is 11.6 Å². The minimum Gasteiger partial charge on any atom is -0.478 e. The Hall–Kier alpha value is -2.72. The topological polar surface area (TPSA) is 127 Å². The van der Waals surface area contributed by atoms with E-state index in [4.69, 9.17) is 11.6 Å². The molecule has 0 atom stereocenters. The second-order valence-corrected chi connectivity index (χ2v) is 7.63. The molecule has 0 bridgehead atoms. The molecule has 0 spiro atoms. The molecule has 1 aromatic carbocycles. The fourth-order valence-electron chi connectivity index (χ4n) is 2.44. The van der Waals surface area contributed by atoms with E-state index in [-0.39, 0.29) is 27.6 Å². The number of sulfonamides is 1. The van der Waals surface area contributed by atoms with Crippen LogP contribution < -0.4 is 4.72 Å². The SMILES string of the molecule is Cc1cc(C)n2nc(S(=O)(=O)Nc3c(C(=O)O)ccc(Cl)c3C)nc2n1. The van der Waals surface area contributed by atoms with Crippen LogP contribution >= 0.6 is 11.6 Å². The Bertz CT molecular complexity index is 1160. The molecule has 0 aliphatic carbocycles. The number of carboxylic acid groups (broad SMARTS) is 1. The van der Waals surface area contributed by atoms with Gasteiger partial charge in [-0.3, -0.25) is 4.72 Å². The highest BCUT2D eigenvalue weighted by molar-refractivity contribution is 7.92. The third kappa shape index (κ3) is 3.08. The van der Waals surface area contributed by atoms with Crippen molar-refractivity contribution in [1.29, 1.82) is 0 Å². The zero-order valence-corrected chi connectivity index (χ0v) is 15.6. The molecule has 9 nitrogen and oxygen atoms in total. The van der Waals surface area contributed by atoms with Crippen molar-refractivity contribution in [3.05, 3.63) is 45.7 Å². The number of fused-ring (bicyclic) bond motifs is 1. The lowest BCUT2D eigenvalue weighted by molar-refractivity contribution is 0.0698. The number of aromatic carboxylic acids is 1. The molecular formula is C15H14ClN5O4S. The minimum atomic E-state index is -4.26. The molecule has 0 unspecified atom stereocenters. The number of carbonyl (C=O) groups is 1. The van der Waals surface area contributed by atoms with Crippen LogP contribution in [0.2, 0.25) is 5.02 Å². The van der Waals surface area contributed by atoms with E-state index >= 15 is 0 Å². The molecule has 0 saturated carbocycles. The van der Waals surface area contributed by atoms with Crippen LogP contribution in [0.15, 0.2) is 23.4 Å². The Balaban J connectivity index is 2.12. The molecular weight excluding hydrogens is 382 g/mol. The first-order chi connectivity index (χ1) is 12.1. The van der Waals surface area contributed by atoms with E-state index in [1.54, 1.807) is 19.9 Å². The van der Waals surface area contributed by atoms with Gasteiger partial charge in [0, 0.05) is 16.4 Å². The molecule has 3 rings (SSSR count). The molecule has 136 valence electrons. The normalized spacial score (nSPS) is 11.7. The highest BCUT2D eigenvalue weighted by Gasteiger charge is 2.25. The van der Waals surface area contributed by atoms with Crippen LogP contribution in [0.5, 0.6) is 0 Å². The van der Waals surface area contributed by atoms with Gasteiger partial charge in [-0.2, -0.15) is 13.4 Å². The number of aromatic nitrogens is 4. The van der Waals surface area contributed by atoms with Gasteiger partial charge in [-0.15, -0.1) is 5.10 Å². The van der Waals surface area contributed by atoms with Gasteiger partial charge in [0.05, 0.1) is 11.3 Å². The fourth-order valence-corrected chi connectivity index (χ4v) is 3.61. The first kappa shape index (κ1) is 18.1. The highest BCUT2D eigenvalue weighted by Crippen LogP contribution is 2.29. The van der Waals surface area contributed by atoms with Crippen LogP contribution in [0.1, 0.15) is 27.3 Å². The zero-order chi connectivity index (χ0) is 19.2. The summed E-state index contributed by atoms with van der Waals surface area (Å²) in [7, 11) is -4.26. The summed E-state index contributed by atoms with van der Waals surface area (Å²) in [5, 5.41) is 13.0. The number of benzene rings is 1. The molecule has 0 saturated heterocycles. The molecule has 3 aromatic rings. The number of aryl methyl sites for hydroxylation is 2. The quantitative estimate of drug-likeness (QED) is 0.693. The van der Waals surface area contributed by atoms with E-state index in [2.05, 4.69) is 19.8 Å². The first-order valence-electron chi connectivity index (χ1n) is 7.36. The van der Waals surface area contributed by atoms with Crippen molar-refractivity contribution in [1.82, 2.24) is 19.6 Å². The van der Waals surface area contributed by atoms with Crippen LogP contribution in [0.25, 0.3) is 5.78 Å². The summed E-state index contributed by atoms with van der Waals surface area (Å²) in [6, 6.07) is 4.34. The minimum absolute atomic E-state index is 0.129. The summed E-state index contributed by atoms with van der Waals surface area (Å²) in [5.74, 6) is -1.16. The van der Waals surface area contributed by atoms with E-state index < -0.39 is 21.1 Å². The summed E-state index contributed by atoms with van der Waals surface area (Å²) in [4.78, 5) is 19.5. The van der Waals surface area contributed by atoms with Gasteiger partial charge in [-0.25, -0.2) is 14.3 Å². The van der Waals surface area contributed by atoms with Crippen LogP contribution in [0.3, 0.4) is 0 Å². The van der Waals surface area contributed by atoms with E-state index in [0.717, 1.165) is 0 Å². The zero-order valence-electron chi connectivity index (χ0n) is 14.0. The molecule has 26 heavy (non-hydrogen) atoms. The molecule has 0 radical (unpaired) electrons. The monoisotopic (exact) mass is 395 g/mol. The van der Waals surface area contributed by atoms with Crippen molar-refractivity contribution in [2.24, 2.45) is 0 Å². The molecule has 0 amide bonds. The predicted octanol–water partition coefficient (Wildman–Crippen LogP) is 2.20. The van der Waals surface area contributed by atoms with Gasteiger partial charge in [0.15, 0.2) is 0 Å². The van der Waals surface area contributed by atoms with Crippen LogP contribution in [-0.2, 0) is 10.0 Å². The molecule has 2 aromatic heterocycles. The smallest absolute Gasteiger partial charge is 0.337 e. The van der Waals surface area contributed by atoms with Gasteiger partial charge >= 0.3 is 5.97 Å². The number of hydrogen-bond acceptors (Lipinski definition) is 6. The van der Waals surface area contributed by atoms with E-state index in [1.807, 2.05) is 0 Å². The summed E-state index contributed by atoms with van der Waals surface area (Å²) in [6.07, 6.45) is 0. The maximum Gasteiger partial charge on any atom is 0.337 e. The van der Waals surface area contributed by atoms with Gasteiger partial charge in [-0.05, 0) is 44.5 Å². The molecule has 2 heterocycles. The average molecular weight is 396 g/mol. The van der Waals surface area contributed by atoms with Crippen molar-refractivity contribution in [2.75, 3.05) is 4.72 Å². The van der Waals surface area contributed by atoms with E-state index in [0.29, 0.717) is 11.4 Å². The van der Waals surface area contributed by atoms with Gasteiger partial charge in [0.1, 0.15) is 0 Å². The number of carboxylic acids is 1. The Morgan fingerprint density at radius 1 is 1.23 bits per heavy atom. The van der Waals surface area contributed by atoms with E-state index in [1.165, 1.54) is 23.6 Å². The van der Waals surface area contributed by atoms with Crippen molar-refractivity contribution in [2.45, 2.75) is 25.9 Å². The average Bonchev–Trinajstić information content (AvgIpc) is 2.96. The predicted molar refractivity (Wildman–Crippen MR) is 94.2 cm³/mol. The van der Waals surface area contributed by atoms with Crippen molar-refractivity contribution in [3.8, 4) is 0 Å². The Morgan fingerprint density at radius 3 is 2.58 bits per heavy atom. The molecule has 0 aliphatic heterocycles. The second kappa shape index (κ2) is 6.22. The molecule has 0 aliphatic rings. The molecule has 0 fully saturated rings. The summed E-state index contributed by atoms with van der Waals surface area (Å²) < 4.78 is 28.9. The van der Waals surface area contributed by atoms with Gasteiger partial charge in [0.25, 0.3) is 21.0 Å². The maximum absolute atomic E-state index is 12.7. The summed E-state index contributed by atoms with van der Waals surface area (Å²) in [6.45, 7) is 5.01. The third-order valence-electron chi connectivity index (χ3n) is 3.70. The lowest BCUT2D eigenvalue weighted by Gasteiger charge is -2.12. The van der Waals surface area contributed by atoms with Crippen molar-refractivity contribution < 1.29 is 18.3 Å². The molecule has 2 N–H and O–H groups in total. The standard InChI is InChI=1S/C15H14ClN5O4S/c1-7-6-8(2)21-14(17-7)18-15(19-21)26(24,25)20-12-9(3)11(16)5-4-10(12)13(22)23/h4-6,20H,1-3H3,(H,22,23). The van der Waals surface area contributed by atoms with Crippen molar-refractivity contribution in [3.63, 3.8) is 0 Å². The second-order valence-electron chi connectivity index (χ2n) is 5.65. The van der Waals surface area contributed by atoms with Crippen LogP contribution in [-0.4, -0.2) is 39.1 Å². The first-order valence-corrected chi connectivity index (χ1v) is 9.22. The van der Waals surface area contributed by atoms with E-state index in [9.17, 15) is 18.3 Å². The van der Waals surface area contributed by atoms with Gasteiger partial charge in [0.2, 0.25) is 0 Å². The number of anilines is 1. The fraction of sp³-hybridized carbons (Fsp3) is 0.200. The maximum atomic E-state index is 12.7. The number of nitrogens with one attached hydrogen (secondary N) is 1. The Morgan fingerprint density at radius 2 is 1.92 bits per heavy atom. The van der Waals surface area contributed by atoms with Crippen LogP contribution in [0.4, 0.5) is 5.69 Å². The van der Waals surface area contributed by atoms with Gasteiger partial charge < -0.3 is 5.11 Å². The number of hydrogen-bond donors (Lipinski definition) is 2.